The molecule has 1 heterocycles. The van der Waals surface area contributed by atoms with E-state index in [1.165, 1.54) is 37.1 Å². The van der Waals surface area contributed by atoms with E-state index in [4.69, 9.17) is 9.88 Å². The molecule has 0 unspecified atom stereocenters. The van der Waals surface area contributed by atoms with Crippen LogP contribution in [0.25, 0.3) is 11.0 Å². The third-order valence-corrected chi connectivity index (χ3v) is 6.29. The number of halogens is 1. The molecule has 0 bridgehead atoms. The first-order valence-corrected chi connectivity index (χ1v) is 11.3. The summed E-state index contributed by atoms with van der Waals surface area (Å²) in [5, 5.41) is 5.99. The molecule has 0 saturated heterocycles. The van der Waals surface area contributed by atoms with Crippen molar-refractivity contribution in [2.24, 2.45) is 5.14 Å². The van der Waals surface area contributed by atoms with Gasteiger partial charge in [-0.3, -0.25) is 0 Å². The Kier molecular flexibility index (Phi) is 6.26. The number of thioether (sulfide) groups is 1. The van der Waals surface area contributed by atoms with E-state index in [1.807, 2.05) is 6.07 Å². The summed E-state index contributed by atoms with van der Waals surface area (Å²) in [7, 11) is -2.36. The van der Waals surface area contributed by atoms with Crippen molar-refractivity contribution < 1.29 is 17.5 Å². The number of hydrogen-bond acceptors (Lipinski definition) is 5. The average molecular weight is 424 g/mol. The van der Waals surface area contributed by atoms with Gasteiger partial charge in [0.2, 0.25) is 10.0 Å². The van der Waals surface area contributed by atoms with E-state index >= 15 is 0 Å². The molecule has 0 atom stereocenters. The summed E-state index contributed by atoms with van der Waals surface area (Å²) in [4.78, 5) is 4.63. The van der Waals surface area contributed by atoms with E-state index in [-0.39, 0.29) is 10.6 Å². The van der Waals surface area contributed by atoms with E-state index in [0.29, 0.717) is 11.3 Å². The number of aryl methyl sites for hydroxylation is 1. The number of nitrogens with two attached hydrogens (primary N) is 1. The van der Waals surface area contributed by atoms with Gasteiger partial charge in [0.25, 0.3) is 0 Å². The Morgan fingerprint density at radius 1 is 1.25 bits per heavy atom. The lowest BCUT2D eigenvalue weighted by Crippen LogP contribution is -2.11. The summed E-state index contributed by atoms with van der Waals surface area (Å²) in [5.74, 6) is 0.329. The van der Waals surface area contributed by atoms with E-state index in [2.05, 4.69) is 16.5 Å². The Labute approximate surface area is 168 Å². The monoisotopic (exact) mass is 423 g/mol. The Morgan fingerprint density at radius 3 is 2.68 bits per heavy atom. The van der Waals surface area contributed by atoms with E-state index in [9.17, 15) is 12.8 Å². The first-order valence-electron chi connectivity index (χ1n) is 8.81. The van der Waals surface area contributed by atoms with Crippen LogP contribution in [0.3, 0.4) is 0 Å². The molecule has 2 N–H and O–H groups in total. The number of imidazole rings is 1. The lowest BCUT2D eigenvalue weighted by Gasteiger charge is -2.09. The van der Waals surface area contributed by atoms with Gasteiger partial charge in [0.15, 0.2) is 16.7 Å². The second kappa shape index (κ2) is 8.50. The molecule has 0 amide bonds. The van der Waals surface area contributed by atoms with Crippen LogP contribution in [0, 0.1) is 5.82 Å². The molecule has 0 aliphatic heterocycles. The smallest absolute Gasteiger partial charge is 0.238 e. The van der Waals surface area contributed by atoms with Crippen LogP contribution in [0.5, 0.6) is 5.75 Å². The molecule has 28 heavy (non-hydrogen) atoms. The summed E-state index contributed by atoms with van der Waals surface area (Å²) < 4.78 is 44.2. The van der Waals surface area contributed by atoms with Crippen LogP contribution in [0.4, 0.5) is 4.39 Å². The molecule has 150 valence electrons. The lowest BCUT2D eigenvalue weighted by atomic mass is 10.2. The van der Waals surface area contributed by atoms with Crippen molar-refractivity contribution in [1.29, 1.82) is 0 Å². The zero-order valence-electron chi connectivity index (χ0n) is 15.7. The second-order valence-electron chi connectivity index (χ2n) is 6.35. The molecule has 0 radical (unpaired) electrons. The van der Waals surface area contributed by atoms with Crippen LogP contribution in [-0.2, 0) is 22.3 Å². The summed E-state index contributed by atoms with van der Waals surface area (Å²) >= 11 is 1.48. The molecule has 1 aromatic heterocycles. The molecule has 3 aromatic rings. The number of hydrogen-bond donors (Lipinski definition) is 1. The largest absolute Gasteiger partial charge is 0.494 e. The molecular weight excluding hydrogens is 401 g/mol. The quantitative estimate of drug-likeness (QED) is 0.555. The van der Waals surface area contributed by atoms with Gasteiger partial charge in [-0.1, -0.05) is 31.2 Å². The van der Waals surface area contributed by atoms with Crippen LogP contribution >= 0.6 is 11.8 Å². The number of methoxy groups -OCH3 is 1. The molecule has 3 rings (SSSR count). The molecule has 0 aliphatic rings. The number of sulfonamides is 1. The predicted molar refractivity (Wildman–Crippen MR) is 109 cm³/mol. The third-order valence-electron chi connectivity index (χ3n) is 4.33. The van der Waals surface area contributed by atoms with Gasteiger partial charge < -0.3 is 9.30 Å². The van der Waals surface area contributed by atoms with Crippen molar-refractivity contribution in [3.63, 3.8) is 0 Å². The number of unbranched alkanes of at least 4 members (excludes halogenated alkanes) is 1. The van der Waals surface area contributed by atoms with Gasteiger partial charge in [-0.25, -0.2) is 22.9 Å². The maximum atomic E-state index is 13.9. The van der Waals surface area contributed by atoms with Gasteiger partial charge in [-0.05, 0) is 42.3 Å². The zero-order chi connectivity index (χ0) is 20.3. The average Bonchev–Trinajstić information content (AvgIpc) is 3.00. The van der Waals surface area contributed by atoms with Crippen LogP contribution < -0.4 is 9.88 Å². The highest BCUT2D eigenvalue weighted by Crippen LogP contribution is 2.29. The Morgan fingerprint density at radius 2 is 2.04 bits per heavy atom. The zero-order valence-corrected chi connectivity index (χ0v) is 17.3. The lowest BCUT2D eigenvalue weighted by molar-refractivity contribution is 0.386. The maximum Gasteiger partial charge on any atom is 0.238 e. The summed E-state index contributed by atoms with van der Waals surface area (Å²) in [6.07, 6.45) is 1.98. The molecule has 0 fully saturated rings. The Bertz CT molecular complexity index is 1100. The molecule has 2 aromatic carbocycles. The number of nitrogens with zero attached hydrogens (tertiary/aromatic N) is 2. The van der Waals surface area contributed by atoms with E-state index < -0.39 is 15.8 Å². The fourth-order valence-electron chi connectivity index (χ4n) is 2.85. The fraction of sp³-hybridized carbons (Fsp3) is 0.316. The number of ether oxygens (including phenoxy) is 1. The second-order valence-corrected chi connectivity index (χ2v) is 8.86. The molecular formula is C19H22FN3O3S2. The normalized spacial score (nSPS) is 11.9. The highest BCUT2D eigenvalue weighted by molar-refractivity contribution is 7.98. The Hall–Kier alpha value is -2.10. The summed E-state index contributed by atoms with van der Waals surface area (Å²) in [6, 6.07) is 9.58. The van der Waals surface area contributed by atoms with Crippen molar-refractivity contribution in [3.8, 4) is 5.75 Å². The van der Waals surface area contributed by atoms with Gasteiger partial charge in [0.1, 0.15) is 0 Å². The number of rotatable bonds is 8. The van der Waals surface area contributed by atoms with Crippen LogP contribution in [0.1, 0.15) is 25.3 Å². The van der Waals surface area contributed by atoms with Crippen molar-refractivity contribution in [3.05, 3.63) is 47.8 Å². The maximum absolute atomic E-state index is 13.9. The molecule has 0 saturated carbocycles. The summed E-state index contributed by atoms with van der Waals surface area (Å²) in [5.41, 5.74) is 2.23. The number of fused-ring (bicyclic) bond motifs is 1. The topological polar surface area (TPSA) is 87.2 Å². The minimum atomic E-state index is -3.79. The molecule has 0 aliphatic carbocycles. The third kappa shape index (κ3) is 4.48. The van der Waals surface area contributed by atoms with Crippen molar-refractivity contribution in [1.82, 2.24) is 9.55 Å². The highest BCUT2D eigenvalue weighted by atomic mass is 32.2. The standard InChI is InChI=1S/C19H22FN3O3S2/c1-3-4-9-23-17-7-6-14(28(21,24)25)11-16(17)22-19(23)27-12-13-5-8-18(26-2)15(20)10-13/h5-8,10-11H,3-4,9,12H2,1-2H3,(H2,21,24,25). The van der Waals surface area contributed by atoms with Crippen molar-refractivity contribution in [2.45, 2.75) is 42.1 Å². The van der Waals surface area contributed by atoms with Crippen LogP contribution in [-0.4, -0.2) is 25.1 Å². The number of benzene rings is 2. The van der Waals surface area contributed by atoms with Crippen molar-refractivity contribution in [2.75, 3.05) is 7.11 Å². The highest BCUT2D eigenvalue weighted by Gasteiger charge is 2.15. The number of primary sulfonamides is 1. The molecule has 0 spiro atoms. The van der Waals surface area contributed by atoms with Gasteiger partial charge in [-0.15, -0.1) is 0 Å². The minimum Gasteiger partial charge on any atom is -0.494 e. The van der Waals surface area contributed by atoms with Crippen LogP contribution in [0.15, 0.2) is 46.5 Å². The molecule has 6 nitrogen and oxygen atoms in total. The van der Waals surface area contributed by atoms with E-state index in [1.54, 1.807) is 12.1 Å². The van der Waals surface area contributed by atoms with Crippen LogP contribution in [0.2, 0.25) is 0 Å². The van der Waals surface area contributed by atoms with Gasteiger partial charge in [-0.2, -0.15) is 0 Å². The van der Waals surface area contributed by atoms with Gasteiger partial charge in [0.05, 0.1) is 23.0 Å². The Balaban J connectivity index is 1.93. The first kappa shape index (κ1) is 20.6. The van der Waals surface area contributed by atoms with E-state index in [0.717, 1.165) is 35.6 Å². The first-order chi connectivity index (χ1) is 13.3. The SMILES string of the molecule is CCCCn1c(SCc2ccc(OC)c(F)c2)nc2cc(S(N)(=O)=O)ccc21. The van der Waals surface area contributed by atoms with Gasteiger partial charge in [0, 0.05) is 12.3 Å². The predicted octanol–water partition coefficient (Wildman–Crippen LogP) is 3.92. The van der Waals surface area contributed by atoms with Gasteiger partial charge >= 0.3 is 0 Å². The molecule has 9 heteroatoms. The summed E-state index contributed by atoms with van der Waals surface area (Å²) in [6.45, 7) is 2.87. The van der Waals surface area contributed by atoms with Crippen molar-refractivity contribution >= 4 is 32.8 Å². The fourth-order valence-corrected chi connectivity index (χ4v) is 4.37. The number of aromatic nitrogens is 2. The minimum absolute atomic E-state index is 0.0360.